The first kappa shape index (κ1) is 14.3. The molecule has 0 saturated carbocycles. The fraction of sp³-hybridized carbons (Fsp3) is 0.375. The first-order valence-corrected chi connectivity index (χ1v) is 6.86. The van der Waals surface area contributed by atoms with Crippen LogP contribution in [0.15, 0.2) is 30.5 Å². The van der Waals surface area contributed by atoms with Crippen LogP contribution in [0.4, 0.5) is 5.82 Å². The van der Waals surface area contributed by atoms with Crippen LogP contribution < -0.4 is 5.32 Å². The monoisotopic (exact) mass is 271 g/mol. The lowest BCUT2D eigenvalue weighted by Crippen LogP contribution is -2.15. The number of hydrogen-bond donors (Lipinski definition) is 2. The summed E-state index contributed by atoms with van der Waals surface area (Å²) in [7, 11) is 0. The first-order chi connectivity index (χ1) is 9.41. The van der Waals surface area contributed by atoms with E-state index >= 15 is 0 Å². The highest BCUT2D eigenvalue weighted by Gasteiger charge is 2.15. The maximum Gasteiger partial charge on any atom is 0.256 e. The van der Waals surface area contributed by atoms with Gasteiger partial charge in [0.05, 0.1) is 6.20 Å². The number of carbonyl (C=O) groups is 1. The van der Waals surface area contributed by atoms with Crippen LogP contribution in [-0.2, 0) is 11.8 Å². The van der Waals surface area contributed by atoms with Crippen LogP contribution in [0.2, 0.25) is 0 Å². The minimum atomic E-state index is -0.121. The van der Waals surface area contributed by atoms with Gasteiger partial charge in [-0.15, -0.1) is 0 Å². The summed E-state index contributed by atoms with van der Waals surface area (Å²) in [4.78, 5) is 12.2. The lowest BCUT2D eigenvalue weighted by atomic mass is 9.87. The Bertz CT molecular complexity index is 591. The minimum absolute atomic E-state index is 0.0910. The summed E-state index contributed by atoms with van der Waals surface area (Å²) < 4.78 is 0. The van der Waals surface area contributed by atoms with Gasteiger partial charge in [-0.2, -0.15) is 5.10 Å². The molecule has 2 rings (SSSR count). The molecule has 0 saturated heterocycles. The molecule has 0 radical (unpaired) electrons. The second kappa shape index (κ2) is 5.49. The van der Waals surface area contributed by atoms with Crippen molar-refractivity contribution in [2.24, 2.45) is 0 Å². The van der Waals surface area contributed by atoms with E-state index in [-0.39, 0.29) is 11.3 Å². The van der Waals surface area contributed by atoms with Gasteiger partial charge >= 0.3 is 0 Å². The second-order valence-corrected chi connectivity index (χ2v) is 5.91. The topological polar surface area (TPSA) is 57.8 Å². The number of aromatic nitrogens is 2. The number of rotatable bonds is 3. The van der Waals surface area contributed by atoms with Crippen molar-refractivity contribution in [3.63, 3.8) is 0 Å². The molecule has 0 atom stereocenters. The molecule has 1 heterocycles. The average molecular weight is 271 g/mol. The van der Waals surface area contributed by atoms with Crippen LogP contribution in [0.3, 0.4) is 0 Å². The van der Waals surface area contributed by atoms with Gasteiger partial charge in [0.15, 0.2) is 0 Å². The smallest absolute Gasteiger partial charge is 0.256 e. The van der Waals surface area contributed by atoms with Crippen LogP contribution in [-0.4, -0.2) is 16.1 Å². The van der Waals surface area contributed by atoms with Crippen molar-refractivity contribution in [3.05, 3.63) is 47.2 Å². The molecule has 0 fully saturated rings. The third kappa shape index (κ3) is 3.07. The van der Waals surface area contributed by atoms with Gasteiger partial charge in [-0.1, -0.05) is 39.8 Å². The summed E-state index contributed by atoms with van der Waals surface area (Å²) in [5.74, 6) is 0.557. The van der Waals surface area contributed by atoms with Crippen molar-refractivity contribution in [2.75, 3.05) is 5.32 Å². The predicted molar refractivity (Wildman–Crippen MR) is 81.1 cm³/mol. The summed E-state index contributed by atoms with van der Waals surface area (Å²) in [6.45, 7) is 8.49. The molecule has 1 aromatic heterocycles. The van der Waals surface area contributed by atoms with E-state index in [0.29, 0.717) is 11.4 Å². The predicted octanol–water partition coefficient (Wildman–Crippen LogP) is 3.52. The number of aromatic amines is 1. The molecule has 4 nitrogen and oxygen atoms in total. The van der Waals surface area contributed by atoms with E-state index < -0.39 is 0 Å². The Kier molecular flexibility index (Phi) is 3.93. The molecular weight excluding hydrogens is 250 g/mol. The number of nitrogens with one attached hydrogen (secondary N) is 2. The van der Waals surface area contributed by atoms with Gasteiger partial charge in [0, 0.05) is 11.1 Å². The van der Waals surface area contributed by atoms with E-state index in [1.54, 1.807) is 6.20 Å². The number of nitrogens with zero attached hydrogens (tertiary/aromatic N) is 1. The van der Waals surface area contributed by atoms with Gasteiger partial charge in [-0.25, -0.2) is 0 Å². The molecule has 2 N–H and O–H groups in total. The van der Waals surface area contributed by atoms with Crippen LogP contribution in [0.25, 0.3) is 0 Å². The van der Waals surface area contributed by atoms with E-state index in [9.17, 15) is 4.79 Å². The average Bonchev–Trinajstić information content (AvgIpc) is 2.85. The van der Waals surface area contributed by atoms with Gasteiger partial charge in [-0.05, 0) is 29.5 Å². The van der Waals surface area contributed by atoms with Crippen molar-refractivity contribution in [2.45, 2.75) is 39.5 Å². The highest BCUT2D eigenvalue weighted by Crippen LogP contribution is 2.22. The Balaban J connectivity index is 2.14. The van der Waals surface area contributed by atoms with Crippen molar-refractivity contribution < 1.29 is 4.79 Å². The summed E-state index contributed by atoms with van der Waals surface area (Å²) in [5, 5.41) is 9.62. The van der Waals surface area contributed by atoms with Gasteiger partial charge in [0.1, 0.15) is 5.82 Å². The van der Waals surface area contributed by atoms with Crippen molar-refractivity contribution in [3.8, 4) is 0 Å². The maximum absolute atomic E-state index is 12.2. The van der Waals surface area contributed by atoms with Gasteiger partial charge < -0.3 is 5.32 Å². The zero-order valence-corrected chi connectivity index (χ0v) is 12.4. The van der Waals surface area contributed by atoms with Gasteiger partial charge in [0.2, 0.25) is 0 Å². The zero-order chi connectivity index (χ0) is 14.8. The molecule has 0 aliphatic heterocycles. The van der Waals surface area contributed by atoms with E-state index in [2.05, 4.69) is 36.3 Å². The molecule has 1 aromatic carbocycles. The van der Waals surface area contributed by atoms with E-state index in [4.69, 9.17) is 0 Å². The quantitative estimate of drug-likeness (QED) is 0.897. The normalized spacial score (nSPS) is 11.4. The third-order valence-electron chi connectivity index (χ3n) is 3.35. The summed E-state index contributed by atoms with van der Waals surface area (Å²) >= 11 is 0. The zero-order valence-electron chi connectivity index (χ0n) is 12.4. The van der Waals surface area contributed by atoms with Gasteiger partial charge in [0.25, 0.3) is 5.91 Å². The van der Waals surface area contributed by atoms with Crippen molar-refractivity contribution in [1.29, 1.82) is 0 Å². The molecule has 2 aromatic rings. The van der Waals surface area contributed by atoms with E-state index in [1.807, 2.05) is 31.2 Å². The molecule has 106 valence electrons. The molecule has 20 heavy (non-hydrogen) atoms. The number of aryl methyl sites for hydroxylation is 1. The highest BCUT2D eigenvalue weighted by atomic mass is 16.1. The van der Waals surface area contributed by atoms with Crippen LogP contribution in [0, 0.1) is 0 Å². The van der Waals surface area contributed by atoms with Gasteiger partial charge in [-0.3, -0.25) is 9.89 Å². The van der Waals surface area contributed by atoms with Crippen LogP contribution in [0.5, 0.6) is 0 Å². The van der Waals surface area contributed by atoms with Crippen molar-refractivity contribution in [1.82, 2.24) is 10.2 Å². The minimum Gasteiger partial charge on any atom is -0.307 e. The highest BCUT2D eigenvalue weighted by molar-refractivity contribution is 6.04. The Labute approximate surface area is 119 Å². The third-order valence-corrected chi connectivity index (χ3v) is 3.35. The largest absolute Gasteiger partial charge is 0.307 e. The summed E-state index contributed by atoms with van der Waals surface area (Å²) in [6, 6.07) is 7.72. The van der Waals surface area contributed by atoms with Crippen LogP contribution in [0.1, 0.15) is 49.2 Å². The van der Waals surface area contributed by atoms with E-state index in [1.165, 1.54) is 5.56 Å². The Morgan fingerprint density at radius 2 is 1.90 bits per heavy atom. The maximum atomic E-state index is 12.2. The lowest BCUT2D eigenvalue weighted by molar-refractivity contribution is 0.102. The number of carbonyl (C=O) groups excluding carboxylic acids is 1. The molecule has 0 aliphatic carbocycles. The Morgan fingerprint density at radius 3 is 2.45 bits per heavy atom. The summed E-state index contributed by atoms with van der Waals surface area (Å²) in [5.41, 5.74) is 2.96. The molecule has 4 heteroatoms. The molecular formula is C16H21N3O. The second-order valence-electron chi connectivity index (χ2n) is 5.91. The Hall–Kier alpha value is -2.10. The SMILES string of the molecule is CCc1cn[nH]c1NC(=O)c1ccc(C(C)(C)C)cc1. The fourth-order valence-electron chi connectivity index (χ4n) is 1.99. The lowest BCUT2D eigenvalue weighted by Gasteiger charge is -2.19. The number of hydrogen-bond acceptors (Lipinski definition) is 2. The fourth-order valence-corrected chi connectivity index (χ4v) is 1.99. The number of amides is 1. The van der Waals surface area contributed by atoms with E-state index in [0.717, 1.165) is 12.0 Å². The molecule has 0 unspecified atom stereocenters. The molecule has 0 aliphatic rings. The standard InChI is InChI=1S/C16H21N3O/c1-5-11-10-17-19-14(11)18-15(20)12-6-8-13(9-7-12)16(2,3)4/h6-10H,5H2,1-4H3,(H2,17,18,19,20). The Morgan fingerprint density at radius 1 is 1.25 bits per heavy atom. The molecule has 0 bridgehead atoms. The first-order valence-electron chi connectivity index (χ1n) is 6.86. The van der Waals surface area contributed by atoms with Crippen LogP contribution >= 0.6 is 0 Å². The summed E-state index contributed by atoms with van der Waals surface area (Å²) in [6.07, 6.45) is 2.56. The molecule has 0 spiro atoms. The number of anilines is 1. The number of H-pyrrole nitrogens is 1. The molecule has 1 amide bonds. The number of benzene rings is 1. The van der Waals surface area contributed by atoms with Crippen molar-refractivity contribution >= 4 is 11.7 Å².